The molecule has 0 saturated carbocycles. The van der Waals surface area contributed by atoms with Crippen molar-refractivity contribution in [2.24, 2.45) is 11.3 Å². The molecule has 15 rings (SSSR count). The van der Waals surface area contributed by atoms with Gasteiger partial charge in [-0.25, -0.2) is 0 Å². The van der Waals surface area contributed by atoms with E-state index in [2.05, 4.69) is 282 Å². The van der Waals surface area contributed by atoms with E-state index in [-0.39, 0.29) is 28.9 Å². The zero-order valence-electron chi connectivity index (χ0n) is 49.6. The second kappa shape index (κ2) is 19.1. The van der Waals surface area contributed by atoms with E-state index in [1.54, 1.807) is 0 Å². The lowest BCUT2D eigenvalue weighted by Crippen LogP contribution is -2.52. The molecule has 0 bridgehead atoms. The van der Waals surface area contributed by atoms with Crippen LogP contribution in [0.3, 0.4) is 0 Å². The molecule has 1 atom stereocenters. The van der Waals surface area contributed by atoms with E-state index >= 15 is 0 Å². The molecule has 83 heavy (non-hydrogen) atoms. The molecular formula is C78H74BN3O. The smallest absolute Gasteiger partial charge is 0.292 e. The summed E-state index contributed by atoms with van der Waals surface area (Å²) in [5, 5.41) is 0. The predicted molar refractivity (Wildman–Crippen MR) is 348 cm³/mol. The minimum absolute atomic E-state index is 0.00693. The molecule has 0 aromatic heterocycles. The van der Waals surface area contributed by atoms with Crippen LogP contribution in [0.1, 0.15) is 128 Å². The maximum atomic E-state index is 8.33. The van der Waals surface area contributed by atoms with Crippen LogP contribution in [0.5, 0.6) is 0 Å². The molecule has 0 amide bonds. The number of ether oxygens (including phenoxy) is 1. The van der Waals surface area contributed by atoms with E-state index in [1.165, 1.54) is 106 Å². The van der Waals surface area contributed by atoms with Gasteiger partial charge in [-0.05, 0) is 161 Å². The first kappa shape index (κ1) is 51.6. The zero-order valence-corrected chi connectivity index (χ0v) is 49.6. The largest absolute Gasteiger partial charge is 0.489 e. The number of para-hydroxylation sites is 2. The Balaban J connectivity index is 1.01. The maximum absolute atomic E-state index is 8.33. The summed E-state index contributed by atoms with van der Waals surface area (Å²) in [6.45, 7) is 18.8. The fraction of sp³-hybridized carbons (Fsp3) is 0.256. The molecular weight excluding hydrogens is 1010 g/mol. The van der Waals surface area contributed by atoms with Crippen LogP contribution >= 0.6 is 0 Å². The molecule has 8 aromatic carbocycles. The lowest BCUT2D eigenvalue weighted by atomic mass is 9.33. The average molecular weight is 1080 g/mol. The highest BCUT2D eigenvalue weighted by atomic mass is 16.5. The molecule has 0 saturated heterocycles. The van der Waals surface area contributed by atoms with Gasteiger partial charge in [-0.1, -0.05) is 223 Å². The summed E-state index contributed by atoms with van der Waals surface area (Å²) in [5.41, 5.74) is 29.0. The van der Waals surface area contributed by atoms with Gasteiger partial charge >= 0.3 is 0 Å². The van der Waals surface area contributed by atoms with Gasteiger partial charge in [-0.2, -0.15) is 0 Å². The highest BCUT2D eigenvalue weighted by Crippen LogP contribution is 2.63. The summed E-state index contributed by atoms with van der Waals surface area (Å²) in [4.78, 5) is 7.86. The van der Waals surface area contributed by atoms with E-state index < -0.39 is 5.60 Å². The van der Waals surface area contributed by atoms with Crippen molar-refractivity contribution in [2.45, 2.75) is 117 Å². The Kier molecular flexibility index (Phi) is 11.9. The van der Waals surface area contributed by atoms with E-state index in [9.17, 15) is 0 Å². The van der Waals surface area contributed by atoms with Crippen LogP contribution in [0.4, 0.5) is 34.1 Å². The Morgan fingerprint density at radius 1 is 0.578 bits per heavy atom. The minimum Gasteiger partial charge on any atom is -0.489 e. The van der Waals surface area contributed by atoms with Gasteiger partial charge in [0.05, 0.1) is 17.0 Å². The fourth-order valence-electron chi connectivity index (χ4n) is 16.0. The summed E-state index contributed by atoms with van der Waals surface area (Å²) in [7, 11) is 0. The highest BCUT2D eigenvalue weighted by molar-refractivity contribution is 6.89. The summed E-state index contributed by atoms with van der Waals surface area (Å²) in [6, 6.07) is 73.5. The van der Waals surface area contributed by atoms with Gasteiger partial charge in [0.25, 0.3) is 6.71 Å². The van der Waals surface area contributed by atoms with Crippen LogP contribution in [0.25, 0.3) is 22.3 Å². The molecule has 3 aliphatic heterocycles. The van der Waals surface area contributed by atoms with Crippen molar-refractivity contribution in [3.8, 4) is 22.3 Å². The van der Waals surface area contributed by atoms with Crippen molar-refractivity contribution in [1.29, 1.82) is 0 Å². The first-order chi connectivity index (χ1) is 40.3. The molecule has 0 fully saturated rings. The molecule has 3 heterocycles. The Labute approximate surface area is 493 Å². The summed E-state index contributed by atoms with van der Waals surface area (Å²) < 4.78 is 8.33. The van der Waals surface area contributed by atoms with Crippen molar-refractivity contribution in [1.82, 2.24) is 0 Å². The number of anilines is 6. The van der Waals surface area contributed by atoms with Crippen molar-refractivity contribution >= 4 is 46.3 Å². The Morgan fingerprint density at radius 2 is 1.11 bits per heavy atom. The van der Waals surface area contributed by atoms with Crippen LogP contribution in [0.15, 0.2) is 252 Å². The summed E-state index contributed by atoms with van der Waals surface area (Å²) in [6.07, 6.45) is 14.3. The number of rotatable bonds is 9. The van der Waals surface area contributed by atoms with Crippen LogP contribution < -0.4 is 20.2 Å². The van der Waals surface area contributed by atoms with Crippen LogP contribution in [0.2, 0.25) is 0 Å². The molecule has 5 heteroatoms. The van der Waals surface area contributed by atoms with Gasteiger partial charge < -0.3 is 19.4 Å². The molecule has 4 aliphatic carbocycles. The number of allylic oxidation sites excluding steroid dienone is 7. The zero-order chi connectivity index (χ0) is 56.6. The van der Waals surface area contributed by atoms with Gasteiger partial charge in [0.2, 0.25) is 0 Å². The minimum atomic E-state index is -0.716. The standard InChI is InChI=1S/C78H74BN3O/c1-9-44-77(64-32-20-16-28-60(64)61-29-17-21-33-65(61)77)49-52-46-68-69(45-51(52)2)81(57-40-36-53(37-41-57)75(3,4)5)70-47-59(80(55-24-12-10-13-25-55)56-26-14-11-15-27-56)48-71-73(70)79(68)74-72(82(71)58-42-38-54(39-43-58)76(6,7)8)50-78(83-74)66-34-22-18-30-62(66)63-31-19-23-35-67(63)78/h10-38,40-42,45,47-48,52H,9,39,43-44,46,49-50H2,1-8H3. The molecule has 8 aromatic rings. The summed E-state index contributed by atoms with van der Waals surface area (Å²) >= 11 is 0. The fourth-order valence-corrected chi connectivity index (χ4v) is 16.0. The van der Waals surface area contributed by atoms with Crippen LogP contribution in [0, 0.1) is 11.3 Å². The quantitative estimate of drug-likeness (QED) is 0.134. The third kappa shape index (κ3) is 7.93. The number of fused-ring (bicyclic) bond motifs is 10. The molecule has 1 unspecified atom stereocenters. The lowest BCUT2D eigenvalue weighted by Gasteiger charge is -2.47. The third-order valence-electron chi connectivity index (χ3n) is 19.9. The normalized spacial score (nSPS) is 18.5. The second-order valence-electron chi connectivity index (χ2n) is 26.7. The first-order valence-electron chi connectivity index (χ1n) is 30.7. The van der Waals surface area contributed by atoms with Gasteiger partial charge in [-0.3, -0.25) is 0 Å². The first-order valence-corrected chi connectivity index (χ1v) is 30.7. The van der Waals surface area contributed by atoms with E-state index in [0.717, 1.165) is 61.2 Å². The van der Waals surface area contributed by atoms with Gasteiger partial charge in [-0.15, -0.1) is 0 Å². The number of benzene rings is 8. The van der Waals surface area contributed by atoms with Crippen molar-refractivity contribution < 1.29 is 4.74 Å². The number of nitrogens with zero attached hydrogens (tertiary/aromatic N) is 3. The van der Waals surface area contributed by atoms with Crippen molar-refractivity contribution in [2.75, 3.05) is 14.7 Å². The predicted octanol–water partition coefficient (Wildman–Crippen LogP) is 19.8. The summed E-state index contributed by atoms with van der Waals surface area (Å²) in [5.74, 6) is 0.271. The van der Waals surface area contributed by atoms with Crippen LogP contribution in [-0.4, -0.2) is 6.71 Å². The highest BCUT2D eigenvalue weighted by Gasteiger charge is 2.59. The molecule has 410 valence electrons. The Morgan fingerprint density at radius 3 is 1.64 bits per heavy atom. The third-order valence-corrected chi connectivity index (χ3v) is 19.9. The topological polar surface area (TPSA) is 19.0 Å². The van der Waals surface area contributed by atoms with Crippen molar-refractivity contribution in [3.05, 3.63) is 280 Å². The van der Waals surface area contributed by atoms with Gasteiger partial charge in [0.15, 0.2) is 5.60 Å². The van der Waals surface area contributed by atoms with Gasteiger partial charge in [0, 0.05) is 62.8 Å². The SMILES string of the molecule is CCCC1(CC2CC3=C(C=C2C)N(c2ccc(C(C)(C)C)cc2)c2cc(N(c4ccccc4)c4ccccc4)cc4c2B3C2=C(CC3(O2)c2ccccc2-c2ccccc23)N4C2=CC=C(C(C)(C)C)CC2)c2ccccc2-c2ccccc21. The second-order valence-corrected chi connectivity index (χ2v) is 26.7. The maximum Gasteiger partial charge on any atom is 0.292 e. The Bertz CT molecular complexity index is 3980. The average Bonchev–Trinajstić information content (AvgIpc) is 1.74. The number of hydrogen-bond acceptors (Lipinski definition) is 4. The Hall–Kier alpha value is -8.28. The molecule has 0 N–H and O–H groups in total. The molecule has 7 aliphatic rings. The number of hydrogen-bond donors (Lipinski definition) is 0. The molecule has 0 radical (unpaired) electrons. The van der Waals surface area contributed by atoms with Gasteiger partial charge in [0.1, 0.15) is 0 Å². The molecule has 4 nitrogen and oxygen atoms in total. The van der Waals surface area contributed by atoms with Crippen LogP contribution in [-0.2, 0) is 21.2 Å². The van der Waals surface area contributed by atoms with E-state index in [0.29, 0.717) is 6.42 Å². The van der Waals surface area contributed by atoms with Crippen molar-refractivity contribution in [3.63, 3.8) is 0 Å². The molecule has 1 spiro atoms. The van der Waals surface area contributed by atoms with E-state index in [4.69, 9.17) is 4.74 Å². The van der Waals surface area contributed by atoms with E-state index in [1.807, 2.05) is 0 Å². The monoisotopic (exact) mass is 1080 g/mol. The lowest BCUT2D eigenvalue weighted by molar-refractivity contribution is 0.0781.